The van der Waals surface area contributed by atoms with Crippen molar-refractivity contribution in [2.45, 2.75) is 19.1 Å². The fourth-order valence-corrected chi connectivity index (χ4v) is 2.28. The van der Waals surface area contributed by atoms with Crippen molar-refractivity contribution in [2.75, 3.05) is 19.8 Å². The van der Waals surface area contributed by atoms with Crippen LogP contribution in [0.15, 0.2) is 18.2 Å². The van der Waals surface area contributed by atoms with E-state index in [9.17, 15) is 9.18 Å². The Bertz CT molecular complexity index is 483. The second kappa shape index (κ2) is 5.86. The fraction of sp³-hybridized carbons (Fsp3) is 0.462. The number of hydrogen-bond donors (Lipinski definition) is 1. The van der Waals surface area contributed by atoms with Gasteiger partial charge >= 0.3 is 0 Å². The summed E-state index contributed by atoms with van der Waals surface area (Å²) in [4.78, 5) is 14.0. The molecule has 4 nitrogen and oxygen atoms in total. The van der Waals surface area contributed by atoms with E-state index in [1.54, 1.807) is 4.90 Å². The molecule has 2 unspecified atom stereocenters. The molecule has 2 atom stereocenters. The molecule has 1 aliphatic rings. The van der Waals surface area contributed by atoms with Gasteiger partial charge in [0.2, 0.25) is 0 Å². The molecule has 1 amide bonds. The third-order valence-electron chi connectivity index (χ3n) is 3.13. The number of carbonyl (C=O) groups excluding carboxylic acids is 1. The Morgan fingerprint density at radius 1 is 1.63 bits per heavy atom. The second-order valence-corrected chi connectivity index (χ2v) is 4.98. The minimum absolute atomic E-state index is 0.0873. The van der Waals surface area contributed by atoms with Crippen LogP contribution in [0.4, 0.5) is 4.39 Å². The molecule has 0 spiro atoms. The Hall–Kier alpha value is -1.17. The Labute approximate surface area is 115 Å². The molecule has 104 valence electrons. The average molecular weight is 288 g/mol. The van der Waals surface area contributed by atoms with E-state index in [4.69, 9.17) is 21.4 Å². The van der Waals surface area contributed by atoms with Gasteiger partial charge in [0.1, 0.15) is 5.82 Å². The average Bonchev–Trinajstić information content (AvgIpc) is 2.38. The quantitative estimate of drug-likeness (QED) is 0.901. The standard InChI is InChI=1S/C13H15ClFNO3/c1-8-7-19-10(6-17)5-16(8)13(18)11-3-2-9(15)4-12(11)14/h2-4,8,10,17H,5-7H2,1H3. The molecule has 6 heteroatoms. The number of aliphatic hydroxyl groups is 1. The number of nitrogens with zero attached hydrogens (tertiary/aromatic N) is 1. The number of morpholine rings is 1. The summed E-state index contributed by atoms with van der Waals surface area (Å²) < 4.78 is 18.4. The molecule has 0 aromatic heterocycles. The van der Waals surface area contributed by atoms with Crippen LogP contribution in [0.2, 0.25) is 5.02 Å². The van der Waals surface area contributed by atoms with Crippen LogP contribution in [0.3, 0.4) is 0 Å². The van der Waals surface area contributed by atoms with Gasteiger partial charge < -0.3 is 14.7 Å². The maximum absolute atomic E-state index is 13.0. The molecule has 1 saturated heterocycles. The maximum atomic E-state index is 13.0. The minimum Gasteiger partial charge on any atom is -0.394 e. The van der Waals surface area contributed by atoms with Crippen LogP contribution in [0.5, 0.6) is 0 Å². The van der Waals surface area contributed by atoms with Crippen LogP contribution in [0.25, 0.3) is 0 Å². The summed E-state index contributed by atoms with van der Waals surface area (Å²) >= 11 is 5.89. The van der Waals surface area contributed by atoms with E-state index in [1.807, 2.05) is 6.92 Å². The number of benzene rings is 1. The topological polar surface area (TPSA) is 49.8 Å². The van der Waals surface area contributed by atoms with Gasteiger partial charge in [-0.25, -0.2) is 4.39 Å². The van der Waals surface area contributed by atoms with Gasteiger partial charge in [0.25, 0.3) is 5.91 Å². The first-order chi connectivity index (χ1) is 9.02. The highest BCUT2D eigenvalue weighted by Crippen LogP contribution is 2.22. The normalized spacial score (nSPS) is 23.5. The van der Waals surface area contributed by atoms with Crippen molar-refractivity contribution >= 4 is 17.5 Å². The minimum atomic E-state index is -0.482. The number of rotatable bonds is 2. The smallest absolute Gasteiger partial charge is 0.255 e. The number of carbonyl (C=O) groups is 1. The highest BCUT2D eigenvalue weighted by molar-refractivity contribution is 6.33. The Morgan fingerprint density at radius 2 is 2.37 bits per heavy atom. The van der Waals surface area contributed by atoms with Crippen LogP contribution >= 0.6 is 11.6 Å². The predicted octanol–water partition coefficient (Wildman–Crippen LogP) is 1.70. The van der Waals surface area contributed by atoms with Crippen LogP contribution < -0.4 is 0 Å². The molecule has 0 bridgehead atoms. The largest absolute Gasteiger partial charge is 0.394 e. The van der Waals surface area contributed by atoms with Gasteiger partial charge in [-0.2, -0.15) is 0 Å². The zero-order valence-corrected chi connectivity index (χ0v) is 11.2. The van der Waals surface area contributed by atoms with E-state index in [2.05, 4.69) is 0 Å². The lowest BCUT2D eigenvalue weighted by Crippen LogP contribution is -2.52. The van der Waals surface area contributed by atoms with Gasteiger partial charge in [-0.1, -0.05) is 11.6 Å². The molecule has 2 rings (SSSR count). The second-order valence-electron chi connectivity index (χ2n) is 4.57. The van der Waals surface area contributed by atoms with Crippen LogP contribution in [0.1, 0.15) is 17.3 Å². The molecule has 1 N–H and O–H groups in total. The molecule has 1 heterocycles. The summed E-state index contributed by atoms with van der Waals surface area (Å²) in [6.07, 6.45) is -0.389. The fourth-order valence-electron chi connectivity index (χ4n) is 2.03. The summed E-state index contributed by atoms with van der Waals surface area (Å²) in [6, 6.07) is 3.57. The van der Waals surface area contributed by atoms with Gasteiger partial charge in [-0.3, -0.25) is 4.79 Å². The van der Waals surface area contributed by atoms with Crippen molar-refractivity contribution in [3.05, 3.63) is 34.6 Å². The molecule has 1 fully saturated rings. The lowest BCUT2D eigenvalue weighted by atomic mass is 10.1. The van der Waals surface area contributed by atoms with Gasteiger partial charge in [0.05, 0.1) is 35.9 Å². The number of aliphatic hydroxyl groups excluding tert-OH is 1. The molecule has 0 radical (unpaired) electrons. The van der Waals surface area contributed by atoms with Gasteiger partial charge in [-0.05, 0) is 25.1 Å². The van der Waals surface area contributed by atoms with Crippen molar-refractivity contribution in [3.63, 3.8) is 0 Å². The van der Waals surface area contributed by atoms with Gasteiger partial charge in [-0.15, -0.1) is 0 Å². The maximum Gasteiger partial charge on any atom is 0.255 e. The Kier molecular flexibility index (Phi) is 4.39. The highest BCUT2D eigenvalue weighted by Gasteiger charge is 2.30. The SMILES string of the molecule is CC1COC(CO)CN1C(=O)c1ccc(F)cc1Cl. The Balaban J connectivity index is 2.22. The van der Waals surface area contributed by atoms with E-state index in [1.165, 1.54) is 12.1 Å². The first-order valence-electron chi connectivity index (χ1n) is 6.01. The predicted molar refractivity (Wildman–Crippen MR) is 68.7 cm³/mol. The van der Waals surface area contributed by atoms with E-state index >= 15 is 0 Å². The lowest BCUT2D eigenvalue weighted by molar-refractivity contribution is -0.0667. The number of ether oxygens (including phenoxy) is 1. The van der Waals surface area contributed by atoms with E-state index in [-0.39, 0.29) is 35.2 Å². The molecule has 0 aliphatic carbocycles. The third-order valence-corrected chi connectivity index (χ3v) is 3.44. The number of amides is 1. The summed E-state index contributed by atoms with van der Waals surface area (Å²) in [5, 5.41) is 9.19. The number of hydrogen-bond acceptors (Lipinski definition) is 3. The zero-order chi connectivity index (χ0) is 14.0. The van der Waals surface area contributed by atoms with Crippen LogP contribution in [-0.4, -0.2) is 47.8 Å². The summed E-state index contributed by atoms with van der Waals surface area (Å²) in [7, 11) is 0. The molecule has 1 aromatic rings. The van der Waals surface area contributed by atoms with Gasteiger partial charge in [0, 0.05) is 6.54 Å². The molecule has 19 heavy (non-hydrogen) atoms. The summed E-state index contributed by atoms with van der Waals surface area (Å²) in [5.74, 6) is -0.760. The summed E-state index contributed by atoms with van der Waals surface area (Å²) in [5.41, 5.74) is 0.258. The number of halogens is 2. The molecule has 0 saturated carbocycles. The van der Waals surface area contributed by atoms with Crippen molar-refractivity contribution in [3.8, 4) is 0 Å². The first kappa shape index (κ1) is 14.2. The van der Waals surface area contributed by atoms with E-state index in [0.29, 0.717) is 13.2 Å². The molecule has 1 aromatic carbocycles. The van der Waals surface area contributed by atoms with Crippen LogP contribution in [0, 0.1) is 5.82 Å². The summed E-state index contributed by atoms with van der Waals surface area (Å²) in [6.45, 7) is 2.36. The van der Waals surface area contributed by atoms with Crippen molar-refractivity contribution < 1.29 is 19.0 Å². The van der Waals surface area contributed by atoms with Crippen molar-refractivity contribution in [2.24, 2.45) is 0 Å². The van der Waals surface area contributed by atoms with Crippen molar-refractivity contribution in [1.29, 1.82) is 0 Å². The Morgan fingerprint density at radius 3 is 3.00 bits per heavy atom. The van der Waals surface area contributed by atoms with E-state index < -0.39 is 5.82 Å². The van der Waals surface area contributed by atoms with Crippen molar-refractivity contribution in [1.82, 2.24) is 4.90 Å². The zero-order valence-electron chi connectivity index (χ0n) is 10.5. The molecular formula is C13H15ClFNO3. The molecular weight excluding hydrogens is 273 g/mol. The van der Waals surface area contributed by atoms with Crippen LogP contribution in [-0.2, 0) is 4.74 Å². The third kappa shape index (κ3) is 3.05. The monoisotopic (exact) mass is 287 g/mol. The van der Waals surface area contributed by atoms with E-state index in [0.717, 1.165) is 6.07 Å². The van der Waals surface area contributed by atoms with Gasteiger partial charge in [0.15, 0.2) is 0 Å². The first-order valence-corrected chi connectivity index (χ1v) is 6.39. The highest BCUT2D eigenvalue weighted by atomic mass is 35.5. The molecule has 1 aliphatic heterocycles. The lowest BCUT2D eigenvalue weighted by Gasteiger charge is -2.37.